The van der Waals surface area contributed by atoms with Crippen LogP contribution in [0.1, 0.15) is 5.56 Å². The zero-order valence-corrected chi connectivity index (χ0v) is 12.7. The first-order valence-electron chi connectivity index (χ1n) is 6.21. The number of halogens is 4. The van der Waals surface area contributed by atoms with Crippen LogP contribution in [0.4, 0.5) is 18.9 Å². The number of nitrogens with one attached hydrogen (secondary N) is 1. The van der Waals surface area contributed by atoms with Crippen LogP contribution in [-0.2, 0) is 11.0 Å². The van der Waals surface area contributed by atoms with Crippen LogP contribution in [0, 0.1) is 0 Å². The van der Waals surface area contributed by atoms with Crippen molar-refractivity contribution in [3.8, 4) is 0 Å². The molecule has 7 heteroatoms. The Kier molecular flexibility index (Phi) is 5.37. The van der Waals surface area contributed by atoms with E-state index in [1.165, 1.54) is 30.0 Å². The Morgan fingerprint density at radius 3 is 2.55 bits per heavy atom. The van der Waals surface area contributed by atoms with Gasteiger partial charge < -0.3 is 5.32 Å². The molecule has 0 saturated heterocycles. The average molecular weight is 346 g/mol. The molecule has 0 heterocycles. The van der Waals surface area contributed by atoms with E-state index < -0.39 is 17.6 Å². The normalized spacial score (nSPS) is 11.3. The van der Waals surface area contributed by atoms with Gasteiger partial charge in [-0.2, -0.15) is 13.2 Å². The third kappa shape index (κ3) is 4.68. The van der Waals surface area contributed by atoms with Crippen LogP contribution in [0.15, 0.2) is 53.4 Å². The molecule has 0 spiro atoms. The highest BCUT2D eigenvalue weighted by Gasteiger charge is 2.33. The van der Waals surface area contributed by atoms with Gasteiger partial charge in [-0.1, -0.05) is 29.8 Å². The summed E-state index contributed by atoms with van der Waals surface area (Å²) in [4.78, 5) is 12.6. The van der Waals surface area contributed by atoms with E-state index in [0.717, 1.165) is 11.0 Å². The second-order valence-electron chi connectivity index (χ2n) is 4.34. The summed E-state index contributed by atoms with van der Waals surface area (Å²) >= 11 is 7.02. The lowest BCUT2D eigenvalue weighted by molar-refractivity contribution is -0.137. The first-order chi connectivity index (χ1) is 10.4. The van der Waals surface area contributed by atoms with Crippen LogP contribution in [0.3, 0.4) is 0 Å². The van der Waals surface area contributed by atoms with Crippen LogP contribution in [0.2, 0.25) is 5.02 Å². The van der Waals surface area contributed by atoms with Crippen LogP contribution in [0.25, 0.3) is 0 Å². The van der Waals surface area contributed by atoms with Crippen LogP contribution >= 0.6 is 23.4 Å². The number of hydrogen-bond donors (Lipinski definition) is 1. The lowest BCUT2D eigenvalue weighted by Crippen LogP contribution is -2.18. The van der Waals surface area contributed by atoms with Crippen LogP contribution in [0.5, 0.6) is 0 Å². The van der Waals surface area contributed by atoms with Gasteiger partial charge in [0.25, 0.3) is 0 Å². The molecule has 2 aromatic rings. The first-order valence-corrected chi connectivity index (χ1v) is 7.57. The van der Waals surface area contributed by atoms with E-state index in [4.69, 9.17) is 11.6 Å². The highest BCUT2D eigenvalue weighted by Crippen LogP contribution is 2.34. The quantitative estimate of drug-likeness (QED) is 0.782. The topological polar surface area (TPSA) is 29.1 Å². The van der Waals surface area contributed by atoms with Crippen LogP contribution < -0.4 is 5.32 Å². The summed E-state index contributed by atoms with van der Waals surface area (Å²) in [7, 11) is 0. The van der Waals surface area contributed by atoms with Crippen molar-refractivity contribution in [3.63, 3.8) is 0 Å². The fraction of sp³-hybridized carbons (Fsp3) is 0.133. The lowest BCUT2D eigenvalue weighted by Gasteiger charge is -2.13. The van der Waals surface area contributed by atoms with Crippen LogP contribution in [-0.4, -0.2) is 11.7 Å². The van der Waals surface area contributed by atoms with E-state index in [1.807, 2.05) is 0 Å². The number of rotatable bonds is 4. The Hall–Kier alpha value is -1.66. The Balaban J connectivity index is 2.01. The zero-order valence-electron chi connectivity index (χ0n) is 11.2. The summed E-state index contributed by atoms with van der Waals surface area (Å²) in [6, 6.07) is 11.8. The molecule has 1 amide bonds. The number of thioether (sulfide) groups is 1. The second kappa shape index (κ2) is 7.07. The molecule has 0 aliphatic rings. The maximum absolute atomic E-state index is 12.8. The van der Waals surface area contributed by atoms with Crippen molar-refractivity contribution in [2.75, 3.05) is 11.1 Å². The van der Waals surface area contributed by atoms with Crippen molar-refractivity contribution in [1.82, 2.24) is 0 Å². The van der Waals surface area contributed by atoms with E-state index in [9.17, 15) is 18.0 Å². The summed E-state index contributed by atoms with van der Waals surface area (Å²) in [6.07, 6.45) is -4.51. The van der Waals surface area contributed by atoms with Gasteiger partial charge in [0.2, 0.25) is 5.91 Å². The standard InChI is InChI=1S/C15H11ClF3NOS/c16-10-4-3-5-11(8-10)22-9-14(21)20-13-7-2-1-6-12(13)15(17,18)19/h1-8H,9H2,(H,20,21). The van der Waals surface area contributed by atoms with Gasteiger partial charge in [-0.25, -0.2) is 0 Å². The minimum atomic E-state index is -4.51. The van der Waals surface area contributed by atoms with E-state index >= 15 is 0 Å². The molecular formula is C15H11ClF3NOS. The number of anilines is 1. The summed E-state index contributed by atoms with van der Waals surface area (Å²) in [5.74, 6) is -0.520. The fourth-order valence-corrected chi connectivity index (χ4v) is 2.74. The SMILES string of the molecule is O=C(CSc1cccc(Cl)c1)Nc1ccccc1C(F)(F)F. The van der Waals surface area contributed by atoms with Gasteiger partial charge in [0, 0.05) is 9.92 Å². The fourth-order valence-electron chi connectivity index (χ4n) is 1.73. The number of carbonyl (C=O) groups excluding carboxylic acids is 1. The van der Waals surface area contributed by atoms with E-state index in [1.54, 1.807) is 24.3 Å². The minimum Gasteiger partial charge on any atom is -0.325 e. The second-order valence-corrected chi connectivity index (χ2v) is 5.82. The number of benzene rings is 2. The number of carbonyl (C=O) groups is 1. The van der Waals surface area contributed by atoms with Crippen molar-refractivity contribution in [1.29, 1.82) is 0 Å². The maximum atomic E-state index is 12.8. The molecule has 0 aromatic heterocycles. The molecule has 2 rings (SSSR count). The molecule has 22 heavy (non-hydrogen) atoms. The third-order valence-electron chi connectivity index (χ3n) is 2.67. The average Bonchev–Trinajstić information content (AvgIpc) is 2.45. The molecule has 0 bridgehead atoms. The molecule has 1 N–H and O–H groups in total. The minimum absolute atomic E-state index is 0.00741. The van der Waals surface area contributed by atoms with Gasteiger partial charge >= 0.3 is 6.18 Å². The number of para-hydroxylation sites is 1. The van der Waals surface area contributed by atoms with Gasteiger partial charge in [0.15, 0.2) is 0 Å². The van der Waals surface area contributed by atoms with E-state index in [2.05, 4.69) is 5.32 Å². The molecule has 0 fully saturated rings. The highest BCUT2D eigenvalue weighted by atomic mass is 35.5. The smallest absolute Gasteiger partial charge is 0.325 e. The Labute approximate surface area is 134 Å². The summed E-state index contributed by atoms with van der Waals surface area (Å²) in [5.41, 5.74) is -1.11. The molecule has 2 nitrogen and oxygen atoms in total. The third-order valence-corrected chi connectivity index (χ3v) is 3.90. The molecule has 0 radical (unpaired) electrons. The molecule has 0 saturated carbocycles. The van der Waals surface area contributed by atoms with Gasteiger partial charge in [-0.3, -0.25) is 4.79 Å². The molecule has 0 aliphatic heterocycles. The van der Waals surface area contributed by atoms with Gasteiger partial charge in [-0.05, 0) is 30.3 Å². The number of alkyl halides is 3. The molecule has 2 aromatic carbocycles. The zero-order chi connectivity index (χ0) is 16.2. The summed E-state index contributed by atoms with van der Waals surface area (Å²) < 4.78 is 38.5. The van der Waals surface area contributed by atoms with Gasteiger partial charge in [0.1, 0.15) is 0 Å². The summed E-state index contributed by atoms with van der Waals surface area (Å²) in [6.45, 7) is 0. The molecule has 0 atom stereocenters. The van der Waals surface area contributed by atoms with Gasteiger partial charge in [-0.15, -0.1) is 11.8 Å². The van der Waals surface area contributed by atoms with Gasteiger partial charge in [0.05, 0.1) is 17.0 Å². The van der Waals surface area contributed by atoms with Crippen molar-refractivity contribution in [2.24, 2.45) is 0 Å². The number of hydrogen-bond acceptors (Lipinski definition) is 2. The number of amides is 1. The molecular weight excluding hydrogens is 335 g/mol. The lowest BCUT2D eigenvalue weighted by atomic mass is 10.1. The monoisotopic (exact) mass is 345 g/mol. The Bertz CT molecular complexity index is 676. The predicted molar refractivity (Wildman–Crippen MR) is 82.2 cm³/mol. The van der Waals surface area contributed by atoms with Crippen molar-refractivity contribution < 1.29 is 18.0 Å². The molecule has 0 unspecified atom stereocenters. The Morgan fingerprint density at radius 1 is 1.14 bits per heavy atom. The maximum Gasteiger partial charge on any atom is 0.418 e. The predicted octanol–water partition coefficient (Wildman–Crippen LogP) is 5.09. The highest BCUT2D eigenvalue weighted by molar-refractivity contribution is 8.00. The van der Waals surface area contributed by atoms with E-state index in [-0.39, 0.29) is 11.4 Å². The van der Waals surface area contributed by atoms with Crippen molar-refractivity contribution >= 4 is 35.0 Å². The molecule has 116 valence electrons. The molecule has 0 aliphatic carbocycles. The Morgan fingerprint density at radius 2 is 1.86 bits per heavy atom. The van der Waals surface area contributed by atoms with E-state index in [0.29, 0.717) is 5.02 Å². The first kappa shape index (κ1) is 16.7. The largest absolute Gasteiger partial charge is 0.418 e. The van der Waals surface area contributed by atoms with Crippen molar-refractivity contribution in [3.05, 3.63) is 59.1 Å². The van der Waals surface area contributed by atoms with Crippen molar-refractivity contribution in [2.45, 2.75) is 11.1 Å². The summed E-state index contributed by atoms with van der Waals surface area (Å²) in [5, 5.41) is 2.82.